The van der Waals surface area contributed by atoms with Gasteiger partial charge in [0.25, 0.3) is 0 Å². The van der Waals surface area contributed by atoms with E-state index in [0.717, 1.165) is 0 Å². The van der Waals surface area contributed by atoms with Gasteiger partial charge in [0.2, 0.25) is 0 Å². The van der Waals surface area contributed by atoms with Gasteiger partial charge in [-0.2, -0.15) is 0 Å². The Labute approximate surface area is 78.6 Å². The molecule has 4 heteroatoms. The van der Waals surface area contributed by atoms with Gasteiger partial charge in [-0.3, -0.25) is 4.79 Å². The van der Waals surface area contributed by atoms with Crippen molar-refractivity contribution < 1.29 is 14.6 Å². The number of rotatable bonds is 7. The maximum Gasteiger partial charge on any atom is 0.323 e. The summed E-state index contributed by atoms with van der Waals surface area (Å²) in [6.45, 7) is 4.27. The molecule has 1 unspecified atom stereocenters. The number of nitrogens with one attached hydrogen (secondary N) is 1. The number of ether oxygens (including phenoxy) is 1. The fourth-order valence-electron chi connectivity index (χ4n) is 0.927. The van der Waals surface area contributed by atoms with Crippen LogP contribution in [0, 0.1) is 0 Å². The predicted molar refractivity (Wildman–Crippen MR) is 50.3 cm³/mol. The van der Waals surface area contributed by atoms with Gasteiger partial charge in [-0.25, -0.2) is 0 Å². The molecule has 76 valence electrons. The van der Waals surface area contributed by atoms with Gasteiger partial charge in [0.15, 0.2) is 0 Å². The number of carbonyl (C=O) groups excluding carboxylic acids is 1. The van der Waals surface area contributed by atoms with Gasteiger partial charge in [0.05, 0.1) is 7.11 Å². The van der Waals surface area contributed by atoms with Gasteiger partial charge in [-0.05, 0) is 19.4 Å². The van der Waals surface area contributed by atoms with E-state index in [-0.39, 0.29) is 18.6 Å². The third-order valence-corrected chi connectivity index (χ3v) is 1.61. The summed E-state index contributed by atoms with van der Waals surface area (Å²) in [5.41, 5.74) is 0. The molecular formula is C9H17NO3. The maximum atomic E-state index is 11.1. The molecule has 0 saturated heterocycles. The summed E-state index contributed by atoms with van der Waals surface area (Å²) < 4.78 is 4.58. The van der Waals surface area contributed by atoms with Gasteiger partial charge >= 0.3 is 5.97 Å². The van der Waals surface area contributed by atoms with E-state index >= 15 is 0 Å². The van der Waals surface area contributed by atoms with Gasteiger partial charge < -0.3 is 15.2 Å². The summed E-state index contributed by atoms with van der Waals surface area (Å²) in [6, 6.07) is -0.339. The van der Waals surface area contributed by atoms with Crippen molar-refractivity contribution in [3.8, 4) is 0 Å². The lowest BCUT2D eigenvalue weighted by Gasteiger charge is -2.13. The van der Waals surface area contributed by atoms with Crippen molar-refractivity contribution in [1.82, 2.24) is 5.32 Å². The van der Waals surface area contributed by atoms with Crippen LogP contribution in [0.15, 0.2) is 12.7 Å². The molecule has 0 radical (unpaired) electrons. The second-order valence-corrected chi connectivity index (χ2v) is 2.63. The van der Waals surface area contributed by atoms with Crippen molar-refractivity contribution in [2.75, 3.05) is 20.3 Å². The molecular weight excluding hydrogens is 170 g/mol. The number of hydrogen-bond acceptors (Lipinski definition) is 4. The van der Waals surface area contributed by atoms with Gasteiger partial charge in [-0.15, -0.1) is 6.58 Å². The van der Waals surface area contributed by atoms with Crippen LogP contribution in [0.5, 0.6) is 0 Å². The minimum Gasteiger partial charge on any atom is -0.468 e. The van der Waals surface area contributed by atoms with Crippen molar-refractivity contribution >= 4 is 5.97 Å². The Bertz CT molecular complexity index is 159. The Morgan fingerprint density at radius 1 is 1.77 bits per heavy atom. The minimum absolute atomic E-state index is 0.120. The highest BCUT2D eigenvalue weighted by Gasteiger charge is 2.15. The average Bonchev–Trinajstić information content (AvgIpc) is 2.16. The first-order valence-corrected chi connectivity index (χ1v) is 4.29. The summed E-state index contributed by atoms with van der Waals surface area (Å²) in [4.78, 5) is 11.1. The molecule has 0 aliphatic carbocycles. The summed E-state index contributed by atoms with van der Waals surface area (Å²) >= 11 is 0. The molecule has 0 saturated carbocycles. The zero-order valence-corrected chi connectivity index (χ0v) is 7.95. The zero-order chi connectivity index (χ0) is 10.1. The molecule has 0 rings (SSSR count). The molecule has 13 heavy (non-hydrogen) atoms. The van der Waals surface area contributed by atoms with E-state index in [4.69, 9.17) is 5.11 Å². The summed E-state index contributed by atoms with van der Waals surface area (Å²) in [5.74, 6) is -0.294. The second kappa shape index (κ2) is 7.76. The first-order chi connectivity index (χ1) is 6.26. The van der Waals surface area contributed by atoms with E-state index in [2.05, 4.69) is 16.6 Å². The molecule has 0 amide bonds. The standard InChI is InChI=1S/C9H17NO3/c1-3-5-8(9(12)13-2)10-6-4-7-11/h3,8,10-11H,1,4-7H2,2H3. The first-order valence-electron chi connectivity index (χ1n) is 4.29. The Balaban J connectivity index is 3.79. The van der Waals surface area contributed by atoms with Crippen LogP contribution in [0.1, 0.15) is 12.8 Å². The topological polar surface area (TPSA) is 58.6 Å². The molecule has 0 aromatic rings. The van der Waals surface area contributed by atoms with Gasteiger partial charge in [0, 0.05) is 6.61 Å². The Morgan fingerprint density at radius 2 is 2.46 bits per heavy atom. The average molecular weight is 187 g/mol. The molecule has 0 aromatic carbocycles. The van der Waals surface area contributed by atoms with E-state index in [1.165, 1.54) is 7.11 Å². The molecule has 0 aliphatic heterocycles. The van der Waals surface area contributed by atoms with Gasteiger partial charge in [-0.1, -0.05) is 6.08 Å². The van der Waals surface area contributed by atoms with E-state index in [1.54, 1.807) is 6.08 Å². The van der Waals surface area contributed by atoms with Crippen LogP contribution >= 0.6 is 0 Å². The number of hydrogen-bond donors (Lipinski definition) is 2. The Kier molecular flexibility index (Phi) is 7.24. The second-order valence-electron chi connectivity index (χ2n) is 2.63. The number of aliphatic hydroxyl groups excluding tert-OH is 1. The van der Waals surface area contributed by atoms with Crippen LogP contribution < -0.4 is 5.32 Å². The Hall–Kier alpha value is -0.870. The maximum absolute atomic E-state index is 11.1. The van der Waals surface area contributed by atoms with Crippen molar-refractivity contribution in [3.63, 3.8) is 0 Å². The molecule has 0 aliphatic rings. The number of aliphatic hydroxyl groups is 1. The summed E-state index contributed by atoms with van der Waals surface area (Å²) in [6.07, 6.45) is 2.83. The van der Waals surface area contributed by atoms with E-state index < -0.39 is 0 Å². The normalized spacial score (nSPS) is 12.2. The highest BCUT2D eigenvalue weighted by atomic mass is 16.5. The van der Waals surface area contributed by atoms with E-state index in [9.17, 15) is 4.79 Å². The van der Waals surface area contributed by atoms with Crippen LogP contribution in [0.2, 0.25) is 0 Å². The zero-order valence-electron chi connectivity index (χ0n) is 7.95. The lowest BCUT2D eigenvalue weighted by molar-refractivity contribution is -0.143. The van der Waals surface area contributed by atoms with Crippen LogP contribution in [0.4, 0.5) is 0 Å². The predicted octanol–water partition coefficient (Wildman–Crippen LogP) is 0.0761. The van der Waals surface area contributed by atoms with Crippen molar-refractivity contribution in [1.29, 1.82) is 0 Å². The molecule has 0 aromatic heterocycles. The third kappa shape index (κ3) is 5.38. The third-order valence-electron chi connectivity index (χ3n) is 1.61. The summed E-state index contributed by atoms with van der Waals surface area (Å²) in [7, 11) is 1.35. The quantitative estimate of drug-likeness (QED) is 0.336. The SMILES string of the molecule is C=CCC(NCCCO)C(=O)OC. The van der Waals surface area contributed by atoms with Crippen LogP contribution in [-0.4, -0.2) is 37.4 Å². The lowest BCUT2D eigenvalue weighted by Crippen LogP contribution is -2.37. The Morgan fingerprint density at radius 3 is 2.92 bits per heavy atom. The van der Waals surface area contributed by atoms with E-state index in [0.29, 0.717) is 19.4 Å². The van der Waals surface area contributed by atoms with Crippen LogP contribution in [-0.2, 0) is 9.53 Å². The van der Waals surface area contributed by atoms with Gasteiger partial charge in [0.1, 0.15) is 6.04 Å². The minimum atomic E-state index is -0.339. The monoisotopic (exact) mass is 187 g/mol. The molecule has 1 atom stereocenters. The molecule has 2 N–H and O–H groups in total. The van der Waals surface area contributed by atoms with Crippen LogP contribution in [0.3, 0.4) is 0 Å². The van der Waals surface area contributed by atoms with Crippen molar-refractivity contribution in [2.45, 2.75) is 18.9 Å². The lowest BCUT2D eigenvalue weighted by atomic mass is 10.2. The highest BCUT2D eigenvalue weighted by Crippen LogP contribution is 1.95. The highest BCUT2D eigenvalue weighted by molar-refractivity contribution is 5.75. The smallest absolute Gasteiger partial charge is 0.323 e. The molecule has 0 fully saturated rings. The number of carbonyl (C=O) groups is 1. The van der Waals surface area contributed by atoms with Crippen molar-refractivity contribution in [3.05, 3.63) is 12.7 Å². The first kappa shape index (κ1) is 12.1. The fraction of sp³-hybridized carbons (Fsp3) is 0.667. The number of esters is 1. The largest absolute Gasteiger partial charge is 0.468 e. The molecule has 0 spiro atoms. The number of methoxy groups -OCH3 is 1. The molecule has 0 bridgehead atoms. The van der Waals surface area contributed by atoms with Crippen molar-refractivity contribution in [2.24, 2.45) is 0 Å². The van der Waals surface area contributed by atoms with Crippen LogP contribution in [0.25, 0.3) is 0 Å². The molecule has 0 heterocycles. The summed E-state index contributed by atoms with van der Waals surface area (Å²) in [5, 5.41) is 11.5. The fourth-order valence-corrected chi connectivity index (χ4v) is 0.927. The molecule has 4 nitrogen and oxygen atoms in total. The van der Waals surface area contributed by atoms with E-state index in [1.807, 2.05) is 0 Å².